The van der Waals surface area contributed by atoms with Gasteiger partial charge in [-0.2, -0.15) is 0 Å². The van der Waals surface area contributed by atoms with Gasteiger partial charge in [-0.25, -0.2) is 8.78 Å². The molecule has 28 heavy (non-hydrogen) atoms. The van der Waals surface area contributed by atoms with Crippen molar-refractivity contribution in [1.29, 1.82) is 0 Å². The van der Waals surface area contributed by atoms with Crippen molar-refractivity contribution in [1.82, 2.24) is 0 Å². The number of rotatable bonds is 6. The zero-order valence-electron chi connectivity index (χ0n) is 14.7. The number of halogens is 3. The van der Waals surface area contributed by atoms with Crippen LogP contribution in [0, 0.1) is 11.6 Å². The zero-order valence-corrected chi connectivity index (χ0v) is 17.2. The van der Waals surface area contributed by atoms with Crippen LogP contribution in [0.3, 0.4) is 0 Å². The molecule has 2 atom stereocenters. The lowest BCUT2D eigenvalue weighted by molar-refractivity contribution is -0.118. The first-order valence-corrected chi connectivity index (χ1v) is 11.7. The number of carbonyl (C=O) groups excluding carboxylic acids is 1. The Kier molecular flexibility index (Phi) is 6.15. The van der Waals surface area contributed by atoms with E-state index in [-0.39, 0.29) is 12.0 Å². The Morgan fingerprint density at radius 3 is 2.61 bits per heavy atom. The van der Waals surface area contributed by atoms with Crippen molar-refractivity contribution in [3.05, 3.63) is 75.6 Å². The van der Waals surface area contributed by atoms with E-state index in [1.807, 2.05) is 0 Å². The fourth-order valence-electron chi connectivity index (χ4n) is 3.01. The molecular weight excluding hydrogens is 425 g/mol. The molecule has 0 aliphatic heterocycles. The molecule has 0 amide bonds. The molecule has 1 aromatic heterocycles. The SMILES string of the molecule is CP(=O)(O)C(C(=O)C/C=C/c1c(F)cccc1F)c1csc2ccc(Cl)cc12. The molecular formula is C20H16ClF2O3PS. The molecule has 0 saturated carbocycles. The van der Waals surface area contributed by atoms with Gasteiger partial charge in [-0.15, -0.1) is 11.3 Å². The van der Waals surface area contributed by atoms with Crippen LogP contribution in [-0.2, 0) is 9.36 Å². The van der Waals surface area contributed by atoms with Crippen molar-refractivity contribution < 1.29 is 23.0 Å². The molecule has 8 heteroatoms. The number of carbonyl (C=O) groups is 1. The highest BCUT2D eigenvalue weighted by Crippen LogP contribution is 2.55. The monoisotopic (exact) mass is 440 g/mol. The average molecular weight is 441 g/mol. The maximum absolute atomic E-state index is 13.7. The van der Waals surface area contributed by atoms with E-state index in [2.05, 4.69) is 0 Å². The third-order valence-corrected chi connectivity index (χ3v) is 6.99. The number of Topliss-reactive ketones (excluding diaryl/α,β-unsaturated/α-hetero) is 1. The van der Waals surface area contributed by atoms with E-state index in [0.717, 1.165) is 23.5 Å². The van der Waals surface area contributed by atoms with Crippen LogP contribution in [0.5, 0.6) is 0 Å². The highest BCUT2D eigenvalue weighted by atomic mass is 35.5. The first-order chi connectivity index (χ1) is 13.2. The standard InChI is InChI=1S/C20H16ClF2O3PS/c1-27(25,26)20(15-11-28-19-9-8-12(21)10-14(15)19)18(24)7-2-4-13-16(22)5-3-6-17(13)23/h2-6,8-11,20H,7H2,1H3,(H,25,26)/b4-2+. The van der Waals surface area contributed by atoms with E-state index in [4.69, 9.17) is 11.6 Å². The van der Waals surface area contributed by atoms with Gasteiger partial charge in [0.1, 0.15) is 17.3 Å². The van der Waals surface area contributed by atoms with Crippen molar-refractivity contribution in [3.63, 3.8) is 0 Å². The molecule has 0 aliphatic rings. The van der Waals surface area contributed by atoms with Crippen molar-refractivity contribution in [3.8, 4) is 0 Å². The summed E-state index contributed by atoms with van der Waals surface area (Å²) in [4.78, 5) is 23.0. The van der Waals surface area contributed by atoms with Crippen molar-refractivity contribution >= 4 is 52.3 Å². The van der Waals surface area contributed by atoms with Gasteiger partial charge in [0.2, 0.25) is 7.37 Å². The second-order valence-electron chi connectivity index (χ2n) is 6.39. The number of hydrogen-bond acceptors (Lipinski definition) is 3. The second-order valence-corrected chi connectivity index (χ2v) is 10.1. The van der Waals surface area contributed by atoms with E-state index >= 15 is 0 Å². The first-order valence-electron chi connectivity index (χ1n) is 8.28. The normalized spacial score (nSPS) is 15.0. The molecule has 0 saturated heterocycles. The minimum atomic E-state index is -3.84. The molecule has 0 fully saturated rings. The Morgan fingerprint density at radius 1 is 1.29 bits per heavy atom. The number of thiophene rings is 1. The highest BCUT2D eigenvalue weighted by molar-refractivity contribution is 7.58. The number of hydrogen-bond donors (Lipinski definition) is 1. The molecule has 0 aliphatic carbocycles. The maximum Gasteiger partial charge on any atom is 0.212 e. The molecule has 0 spiro atoms. The molecule has 2 aromatic carbocycles. The minimum absolute atomic E-state index is 0.241. The highest BCUT2D eigenvalue weighted by Gasteiger charge is 2.35. The quantitative estimate of drug-likeness (QED) is 0.448. The lowest BCUT2D eigenvalue weighted by atomic mass is 10.0. The van der Waals surface area contributed by atoms with Crippen LogP contribution < -0.4 is 0 Å². The fraction of sp³-hybridized carbons (Fsp3) is 0.150. The van der Waals surface area contributed by atoms with Gasteiger partial charge in [0.05, 0.1) is 0 Å². The zero-order chi connectivity index (χ0) is 20.5. The Bertz CT molecular complexity index is 1100. The van der Waals surface area contributed by atoms with Gasteiger partial charge in [-0.3, -0.25) is 9.36 Å². The van der Waals surface area contributed by atoms with Crippen LogP contribution >= 0.6 is 30.3 Å². The summed E-state index contributed by atoms with van der Waals surface area (Å²) in [7, 11) is -3.84. The average Bonchev–Trinajstić information content (AvgIpc) is 2.99. The molecule has 146 valence electrons. The number of allylic oxidation sites excluding steroid dienone is 1. The second kappa shape index (κ2) is 8.26. The number of ketones is 1. The summed E-state index contributed by atoms with van der Waals surface area (Å²) in [5.41, 5.74) is -1.07. The van der Waals surface area contributed by atoms with E-state index < -0.39 is 30.4 Å². The molecule has 1 heterocycles. The van der Waals surface area contributed by atoms with Crippen molar-refractivity contribution in [2.45, 2.75) is 12.1 Å². The summed E-state index contributed by atoms with van der Waals surface area (Å²) in [5, 5.41) is 2.78. The summed E-state index contributed by atoms with van der Waals surface area (Å²) in [6.45, 7) is 1.13. The predicted molar refractivity (Wildman–Crippen MR) is 110 cm³/mol. The predicted octanol–water partition coefficient (Wildman–Crippen LogP) is 6.45. The van der Waals surface area contributed by atoms with Gasteiger partial charge >= 0.3 is 0 Å². The molecule has 0 bridgehead atoms. The largest absolute Gasteiger partial charge is 0.344 e. The van der Waals surface area contributed by atoms with Crippen LogP contribution in [0.4, 0.5) is 8.78 Å². The van der Waals surface area contributed by atoms with Gasteiger partial charge in [0.25, 0.3) is 0 Å². The van der Waals surface area contributed by atoms with Crippen LogP contribution in [0.25, 0.3) is 16.2 Å². The van der Waals surface area contributed by atoms with E-state index in [1.165, 1.54) is 29.6 Å². The van der Waals surface area contributed by atoms with Gasteiger partial charge < -0.3 is 4.89 Å². The Balaban J connectivity index is 1.92. The van der Waals surface area contributed by atoms with Crippen LogP contribution in [0.1, 0.15) is 23.2 Å². The fourth-order valence-corrected chi connectivity index (χ4v) is 5.62. The van der Waals surface area contributed by atoms with Gasteiger partial charge in [-0.05, 0) is 46.7 Å². The third-order valence-electron chi connectivity index (χ3n) is 4.25. The smallest absolute Gasteiger partial charge is 0.212 e. The summed E-state index contributed by atoms with van der Waals surface area (Å²) in [6, 6.07) is 8.62. The van der Waals surface area contributed by atoms with Crippen molar-refractivity contribution in [2.24, 2.45) is 0 Å². The Hall–Kier alpha value is -1.85. The van der Waals surface area contributed by atoms with Gasteiger partial charge in [0, 0.05) is 28.4 Å². The summed E-state index contributed by atoms with van der Waals surface area (Å²) >= 11 is 7.38. The Labute approximate surface area is 169 Å². The first kappa shape index (κ1) is 20.9. The lowest BCUT2D eigenvalue weighted by Crippen LogP contribution is -2.11. The Morgan fingerprint density at radius 2 is 1.96 bits per heavy atom. The summed E-state index contributed by atoms with van der Waals surface area (Å²) in [5.74, 6) is -2.01. The van der Waals surface area contributed by atoms with Gasteiger partial charge in [0.15, 0.2) is 5.78 Å². The maximum atomic E-state index is 13.7. The molecule has 2 unspecified atom stereocenters. The number of fused-ring (bicyclic) bond motifs is 1. The third kappa shape index (κ3) is 4.41. The molecule has 0 radical (unpaired) electrons. The van der Waals surface area contributed by atoms with Crippen LogP contribution in [-0.4, -0.2) is 17.3 Å². The van der Waals surface area contributed by atoms with Crippen LogP contribution in [0.15, 0.2) is 47.9 Å². The number of benzene rings is 2. The van der Waals surface area contributed by atoms with Crippen LogP contribution in [0.2, 0.25) is 5.02 Å². The summed E-state index contributed by atoms with van der Waals surface area (Å²) < 4.78 is 40.7. The van der Waals surface area contributed by atoms with Gasteiger partial charge in [-0.1, -0.05) is 29.8 Å². The van der Waals surface area contributed by atoms with E-state index in [0.29, 0.717) is 16.0 Å². The molecule has 3 nitrogen and oxygen atoms in total. The minimum Gasteiger partial charge on any atom is -0.344 e. The lowest BCUT2D eigenvalue weighted by Gasteiger charge is -2.18. The van der Waals surface area contributed by atoms with E-state index in [9.17, 15) is 23.0 Å². The van der Waals surface area contributed by atoms with E-state index in [1.54, 1.807) is 23.6 Å². The summed E-state index contributed by atoms with van der Waals surface area (Å²) in [6.07, 6.45) is 2.23. The topological polar surface area (TPSA) is 54.4 Å². The van der Waals surface area contributed by atoms with Crippen molar-refractivity contribution in [2.75, 3.05) is 6.66 Å². The molecule has 1 N–H and O–H groups in total. The molecule has 3 rings (SSSR count). The molecule has 3 aromatic rings.